The molecule has 1 aliphatic rings. The Morgan fingerprint density at radius 2 is 1.50 bits per heavy atom. The number of hydrogen-bond acceptors (Lipinski definition) is 4. The van der Waals surface area contributed by atoms with Gasteiger partial charge in [-0.2, -0.15) is 0 Å². The predicted octanol–water partition coefficient (Wildman–Crippen LogP) is 2.39. The second-order valence-corrected chi connectivity index (χ2v) is 6.73. The Morgan fingerprint density at radius 3 is 2.11 bits per heavy atom. The summed E-state index contributed by atoms with van der Waals surface area (Å²) in [6.07, 6.45) is 4.14. The van der Waals surface area contributed by atoms with Crippen LogP contribution in [0.4, 0.5) is 5.69 Å². The van der Waals surface area contributed by atoms with Gasteiger partial charge in [0.05, 0.1) is 6.54 Å². The topological polar surface area (TPSA) is 64.1 Å². The van der Waals surface area contributed by atoms with Crippen molar-refractivity contribution in [3.05, 3.63) is 72.4 Å². The van der Waals surface area contributed by atoms with Gasteiger partial charge in [-0.3, -0.25) is 9.59 Å². The van der Waals surface area contributed by atoms with Crippen molar-refractivity contribution >= 4 is 23.6 Å². The van der Waals surface area contributed by atoms with Gasteiger partial charge < -0.3 is 19.8 Å². The van der Waals surface area contributed by atoms with Crippen LogP contribution in [-0.2, 0) is 9.59 Å². The maximum absolute atomic E-state index is 12.7. The van der Waals surface area contributed by atoms with Gasteiger partial charge in [0.25, 0.3) is 0 Å². The van der Waals surface area contributed by atoms with Crippen LogP contribution in [0.3, 0.4) is 0 Å². The van der Waals surface area contributed by atoms with Gasteiger partial charge in [-0.1, -0.05) is 48.5 Å². The first-order valence-electron chi connectivity index (χ1n) is 9.39. The van der Waals surface area contributed by atoms with Gasteiger partial charge in [0.1, 0.15) is 6.54 Å². The first-order valence-corrected chi connectivity index (χ1v) is 9.39. The molecule has 2 aromatic rings. The van der Waals surface area contributed by atoms with E-state index in [0.29, 0.717) is 13.1 Å². The Kier molecular flexibility index (Phi) is 6.68. The monoisotopic (exact) mass is 379 g/mol. The summed E-state index contributed by atoms with van der Waals surface area (Å²) in [7, 11) is 0. The molecule has 0 unspecified atom stereocenters. The van der Waals surface area contributed by atoms with Crippen LogP contribution in [0.2, 0.25) is 0 Å². The molecule has 1 heterocycles. The molecule has 6 nitrogen and oxygen atoms in total. The summed E-state index contributed by atoms with van der Waals surface area (Å²) in [6, 6.07) is 19.3. The molecule has 0 saturated carbocycles. The van der Waals surface area contributed by atoms with E-state index in [1.807, 2.05) is 53.4 Å². The third kappa shape index (κ3) is 5.61. The molecule has 0 bridgehead atoms. The van der Waals surface area contributed by atoms with Crippen LogP contribution >= 0.6 is 0 Å². The van der Waals surface area contributed by atoms with E-state index in [2.05, 4.69) is 29.3 Å². The van der Waals surface area contributed by atoms with Crippen molar-refractivity contribution in [3.63, 3.8) is 0 Å². The highest BCUT2D eigenvalue weighted by atomic mass is 16.4. The maximum Gasteiger partial charge on any atom is 0.323 e. The summed E-state index contributed by atoms with van der Waals surface area (Å²) >= 11 is 0. The highest BCUT2D eigenvalue weighted by Gasteiger charge is 2.22. The van der Waals surface area contributed by atoms with Gasteiger partial charge in [0.2, 0.25) is 5.91 Å². The number of rotatable bonds is 7. The summed E-state index contributed by atoms with van der Waals surface area (Å²) in [5.41, 5.74) is 1.89. The number of piperazine rings is 1. The third-order valence-corrected chi connectivity index (χ3v) is 4.72. The smallest absolute Gasteiger partial charge is 0.323 e. The molecule has 1 saturated heterocycles. The molecule has 1 fully saturated rings. The number of carboxylic acid groups (broad SMARTS) is 1. The highest BCUT2D eigenvalue weighted by Crippen LogP contribution is 2.14. The van der Waals surface area contributed by atoms with E-state index in [1.54, 1.807) is 4.90 Å². The van der Waals surface area contributed by atoms with E-state index in [4.69, 9.17) is 0 Å². The fraction of sp³-hybridized carbons (Fsp3) is 0.273. The lowest BCUT2D eigenvalue weighted by atomic mass is 10.2. The molecule has 0 spiro atoms. The lowest BCUT2D eigenvalue weighted by molar-refractivity contribution is -0.135. The Balaban J connectivity index is 1.53. The molecular weight excluding hydrogens is 354 g/mol. The molecule has 1 amide bonds. The molecule has 146 valence electrons. The van der Waals surface area contributed by atoms with E-state index in [0.717, 1.165) is 24.3 Å². The maximum atomic E-state index is 12.7. The van der Waals surface area contributed by atoms with Crippen molar-refractivity contribution in [2.75, 3.05) is 44.2 Å². The van der Waals surface area contributed by atoms with Gasteiger partial charge in [-0.25, -0.2) is 0 Å². The molecule has 2 aromatic carbocycles. The van der Waals surface area contributed by atoms with E-state index in [9.17, 15) is 14.7 Å². The molecule has 0 radical (unpaired) electrons. The highest BCUT2D eigenvalue weighted by molar-refractivity contribution is 5.84. The van der Waals surface area contributed by atoms with Crippen LogP contribution in [0, 0.1) is 0 Å². The molecular formula is C22H25N3O3. The van der Waals surface area contributed by atoms with Crippen molar-refractivity contribution in [2.24, 2.45) is 0 Å². The summed E-state index contributed by atoms with van der Waals surface area (Å²) in [6.45, 7) is 2.66. The zero-order chi connectivity index (χ0) is 19.8. The van der Waals surface area contributed by atoms with Crippen molar-refractivity contribution in [1.29, 1.82) is 0 Å². The predicted molar refractivity (Wildman–Crippen MR) is 110 cm³/mol. The largest absolute Gasteiger partial charge is 0.480 e. The van der Waals surface area contributed by atoms with E-state index < -0.39 is 5.97 Å². The molecule has 28 heavy (non-hydrogen) atoms. The summed E-state index contributed by atoms with van der Waals surface area (Å²) in [5.74, 6) is -0.996. The number of carboxylic acids is 1. The number of para-hydroxylation sites is 1. The minimum Gasteiger partial charge on any atom is -0.480 e. The van der Waals surface area contributed by atoms with Gasteiger partial charge >= 0.3 is 5.97 Å². The number of benzene rings is 2. The minimum absolute atomic E-state index is 0.0446. The Bertz CT molecular complexity index is 800. The van der Waals surface area contributed by atoms with Crippen molar-refractivity contribution in [2.45, 2.75) is 0 Å². The zero-order valence-corrected chi connectivity index (χ0v) is 15.8. The van der Waals surface area contributed by atoms with Gasteiger partial charge in [0, 0.05) is 31.9 Å². The molecule has 3 rings (SSSR count). The second-order valence-electron chi connectivity index (χ2n) is 6.73. The lowest BCUT2D eigenvalue weighted by Gasteiger charge is -2.35. The summed E-state index contributed by atoms with van der Waals surface area (Å²) in [5, 5.41) is 9.18. The van der Waals surface area contributed by atoms with Crippen LogP contribution < -0.4 is 4.90 Å². The third-order valence-electron chi connectivity index (χ3n) is 4.72. The lowest BCUT2D eigenvalue weighted by Crippen LogP contribution is -2.50. The molecule has 0 aliphatic carbocycles. The van der Waals surface area contributed by atoms with Crippen LogP contribution in [0.5, 0.6) is 0 Å². The Morgan fingerprint density at radius 1 is 0.893 bits per heavy atom. The summed E-state index contributed by atoms with van der Waals surface area (Å²) < 4.78 is 0. The zero-order valence-electron chi connectivity index (χ0n) is 15.8. The van der Waals surface area contributed by atoms with Crippen LogP contribution in [0.15, 0.2) is 66.9 Å². The quantitative estimate of drug-likeness (QED) is 0.800. The van der Waals surface area contributed by atoms with Gasteiger partial charge in [-0.05, 0) is 30.0 Å². The molecule has 1 N–H and O–H groups in total. The standard InChI is InChI=1S/C22H25N3O3/c26-21(17-25(18-22(27)28)20-9-5-2-6-10-20)24-15-13-23(14-16-24)12-11-19-7-3-1-4-8-19/h1-12H,13-18H2,(H,27,28)/b12-11+. The normalized spacial score (nSPS) is 14.3. The SMILES string of the molecule is O=C(O)CN(CC(=O)N1CCN(/C=C/c2ccccc2)CC1)c1ccccc1. The van der Waals surface area contributed by atoms with E-state index in [-0.39, 0.29) is 19.0 Å². The number of amides is 1. The minimum atomic E-state index is -0.951. The Hall–Kier alpha value is -3.28. The first-order chi connectivity index (χ1) is 13.6. The number of carbonyl (C=O) groups excluding carboxylic acids is 1. The average molecular weight is 379 g/mol. The molecule has 6 heteroatoms. The van der Waals surface area contributed by atoms with Crippen LogP contribution in [0.1, 0.15) is 5.56 Å². The van der Waals surface area contributed by atoms with Crippen molar-refractivity contribution in [1.82, 2.24) is 9.80 Å². The van der Waals surface area contributed by atoms with Crippen LogP contribution in [0.25, 0.3) is 6.08 Å². The van der Waals surface area contributed by atoms with E-state index >= 15 is 0 Å². The number of nitrogens with zero attached hydrogens (tertiary/aromatic N) is 3. The molecule has 0 atom stereocenters. The average Bonchev–Trinajstić information content (AvgIpc) is 2.73. The fourth-order valence-electron chi connectivity index (χ4n) is 3.18. The molecule has 1 aliphatic heterocycles. The van der Waals surface area contributed by atoms with Crippen LogP contribution in [-0.4, -0.2) is 66.1 Å². The number of aliphatic carboxylic acids is 1. The second kappa shape index (κ2) is 9.60. The number of hydrogen-bond donors (Lipinski definition) is 1. The van der Waals surface area contributed by atoms with Gasteiger partial charge in [-0.15, -0.1) is 0 Å². The molecule has 0 aromatic heterocycles. The van der Waals surface area contributed by atoms with E-state index in [1.165, 1.54) is 0 Å². The van der Waals surface area contributed by atoms with Gasteiger partial charge in [0.15, 0.2) is 0 Å². The Labute approximate surface area is 165 Å². The first kappa shape index (κ1) is 19.5. The number of carbonyl (C=O) groups is 2. The fourth-order valence-corrected chi connectivity index (χ4v) is 3.18. The van der Waals surface area contributed by atoms with Crippen molar-refractivity contribution < 1.29 is 14.7 Å². The van der Waals surface area contributed by atoms with Crippen molar-refractivity contribution in [3.8, 4) is 0 Å². The number of anilines is 1. The summed E-state index contributed by atoms with van der Waals surface area (Å²) in [4.78, 5) is 29.5.